The Labute approximate surface area is 154 Å². The molecule has 0 radical (unpaired) electrons. The van der Waals surface area contributed by atoms with Crippen molar-refractivity contribution in [1.29, 1.82) is 0 Å². The van der Waals surface area contributed by atoms with Gasteiger partial charge in [0, 0.05) is 37.6 Å². The van der Waals surface area contributed by atoms with Crippen LogP contribution in [0.4, 0.5) is 4.39 Å². The molecule has 0 atom stereocenters. The summed E-state index contributed by atoms with van der Waals surface area (Å²) in [7, 11) is 3.28. The van der Waals surface area contributed by atoms with Crippen molar-refractivity contribution in [2.24, 2.45) is 10.4 Å². The summed E-state index contributed by atoms with van der Waals surface area (Å²) in [6, 6.07) is 4.42. The van der Waals surface area contributed by atoms with Crippen LogP contribution < -0.4 is 16.0 Å². The Balaban J connectivity index is 2.72. The Hall–Kier alpha value is -1.82. The molecule has 1 rings (SSSR count). The summed E-state index contributed by atoms with van der Waals surface area (Å²) < 4.78 is 13.2. The van der Waals surface area contributed by atoms with Crippen LogP contribution in [-0.2, 0) is 10.2 Å². The van der Waals surface area contributed by atoms with Gasteiger partial charge in [0.25, 0.3) is 0 Å². The number of amides is 1. The highest BCUT2D eigenvalue weighted by Crippen LogP contribution is 2.29. The zero-order valence-corrected chi connectivity index (χ0v) is 16.5. The lowest BCUT2D eigenvalue weighted by Crippen LogP contribution is -2.49. The van der Waals surface area contributed by atoms with Crippen LogP contribution in [0.1, 0.15) is 33.3 Å². The predicted octanol–water partition coefficient (Wildman–Crippen LogP) is 2.69. The highest BCUT2D eigenvalue weighted by atomic mass is 35.5. The van der Waals surface area contributed by atoms with Gasteiger partial charge in [-0.05, 0) is 31.5 Å². The number of nitrogens with zero attached hydrogens (tertiary/aromatic N) is 1. The maximum atomic E-state index is 13.2. The number of halogens is 2. The molecule has 7 heteroatoms. The van der Waals surface area contributed by atoms with Gasteiger partial charge in [-0.1, -0.05) is 31.5 Å². The summed E-state index contributed by atoms with van der Waals surface area (Å²) in [6.45, 7) is 8.72. The molecule has 0 fully saturated rings. The minimum absolute atomic E-state index is 0.0473. The predicted molar refractivity (Wildman–Crippen MR) is 102 cm³/mol. The first-order valence-electron chi connectivity index (χ1n) is 8.16. The molecule has 1 amide bonds. The third kappa shape index (κ3) is 5.88. The Morgan fingerprint density at radius 1 is 1.20 bits per heavy atom. The number of hydrogen-bond donors (Lipinski definition) is 3. The molecule has 0 bridgehead atoms. The van der Waals surface area contributed by atoms with Gasteiger partial charge >= 0.3 is 0 Å². The molecule has 0 unspecified atom stereocenters. The van der Waals surface area contributed by atoms with E-state index in [0.717, 1.165) is 5.56 Å². The molecule has 0 saturated heterocycles. The Morgan fingerprint density at radius 2 is 1.80 bits per heavy atom. The van der Waals surface area contributed by atoms with Crippen molar-refractivity contribution in [1.82, 2.24) is 16.0 Å². The van der Waals surface area contributed by atoms with E-state index in [1.807, 2.05) is 27.7 Å². The van der Waals surface area contributed by atoms with Crippen molar-refractivity contribution in [3.05, 3.63) is 34.6 Å². The summed E-state index contributed by atoms with van der Waals surface area (Å²) in [4.78, 5) is 16.0. The molecular formula is C18H28ClFN4O. The fourth-order valence-corrected chi connectivity index (χ4v) is 2.81. The monoisotopic (exact) mass is 370 g/mol. The van der Waals surface area contributed by atoms with E-state index >= 15 is 0 Å². The van der Waals surface area contributed by atoms with Crippen molar-refractivity contribution < 1.29 is 9.18 Å². The van der Waals surface area contributed by atoms with E-state index in [9.17, 15) is 9.18 Å². The summed E-state index contributed by atoms with van der Waals surface area (Å²) in [5, 5.41) is 9.44. The fourth-order valence-electron chi connectivity index (χ4n) is 2.38. The number of aliphatic imine (C=N–C) groups is 1. The van der Waals surface area contributed by atoms with E-state index in [0.29, 0.717) is 24.1 Å². The Morgan fingerprint density at radius 3 is 2.32 bits per heavy atom. The lowest BCUT2D eigenvalue weighted by atomic mass is 9.84. The second-order valence-corrected chi connectivity index (χ2v) is 7.66. The van der Waals surface area contributed by atoms with Gasteiger partial charge in [-0.2, -0.15) is 0 Å². The van der Waals surface area contributed by atoms with Crippen molar-refractivity contribution in [2.45, 2.75) is 33.1 Å². The van der Waals surface area contributed by atoms with E-state index in [1.165, 1.54) is 12.1 Å². The zero-order chi connectivity index (χ0) is 19.3. The van der Waals surface area contributed by atoms with Gasteiger partial charge in [0.15, 0.2) is 5.96 Å². The van der Waals surface area contributed by atoms with E-state index in [4.69, 9.17) is 11.6 Å². The molecule has 5 nitrogen and oxygen atoms in total. The van der Waals surface area contributed by atoms with Crippen LogP contribution in [0.15, 0.2) is 23.2 Å². The van der Waals surface area contributed by atoms with Crippen LogP contribution >= 0.6 is 11.6 Å². The summed E-state index contributed by atoms with van der Waals surface area (Å²) in [6.07, 6.45) is 0. The average Bonchev–Trinajstić information content (AvgIpc) is 2.53. The lowest BCUT2D eigenvalue weighted by Gasteiger charge is -2.29. The maximum Gasteiger partial charge on any atom is 0.227 e. The standard InChI is InChI=1S/C18H28ClFN4O/c1-17(2,13-8-7-12(20)9-14(13)19)10-23-16(22-6)24-11-18(3,4)15(25)21-5/h7-9H,10-11H2,1-6H3,(H,21,25)(H2,22,23,24). The van der Waals surface area contributed by atoms with Crippen molar-refractivity contribution in [3.63, 3.8) is 0 Å². The minimum Gasteiger partial charge on any atom is -0.359 e. The molecule has 0 saturated carbocycles. The molecule has 140 valence electrons. The normalized spacial score (nSPS) is 12.7. The number of carbonyl (C=O) groups excluding carboxylic acids is 1. The third-order valence-corrected chi connectivity index (χ3v) is 4.43. The molecular weight excluding hydrogens is 343 g/mol. The lowest BCUT2D eigenvalue weighted by molar-refractivity contribution is -0.128. The summed E-state index contributed by atoms with van der Waals surface area (Å²) >= 11 is 6.18. The largest absolute Gasteiger partial charge is 0.359 e. The van der Waals surface area contributed by atoms with E-state index in [2.05, 4.69) is 20.9 Å². The van der Waals surface area contributed by atoms with Crippen LogP contribution in [0.3, 0.4) is 0 Å². The fraction of sp³-hybridized carbons (Fsp3) is 0.556. The molecule has 0 aliphatic rings. The third-order valence-electron chi connectivity index (χ3n) is 4.12. The Bertz CT molecular complexity index is 644. The number of nitrogens with one attached hydrogen (secondary N) is 3. The van der Waals surface area contributed by atoms with Gasteiger partial charge in [0.05, 0.1) is 5.41 Å². The molecule has 3 N–H and O–H groups in total. The number of rotatable bonds is 6. The number of guanidine groups is 1. The zero-order valence-electron chi connectivity index (χ0n) is 15.8. The molecule has 1 aromatic carbocycles. The molecule has 0 heterocycles. The first kappa shape index (κ1) is 21.2. The van der Waals surface area contributed by atoms with Crippen molar-refractivity contribution in [3.8, 4) is 0 Å². The summed E-state index contributed by atoms with van der Waals surface area (Å²) in [5.74, 6) is 0.184. The molecule has 0 aliphatic heterocycles. The molecule has 0 aromatic heterocycles. The molecule has 0 aliphatic carbocycles. The smallest absolute Gasteiger partial charge is 0.227 e. The SMILES string of the molecule is CN=C(NCC(C)(C)C(=O)NC)NCC(C)(C)c1ccc(F)cc1Cl. The van der Waals surface area contributed by atoms with Crippen LogP contribution in [-0.4, -0.2) is 39.1 Å². The Kier molecular flexibility index (Phi) is 7.23. The van der Waals surface area contributed by atoms with Gasteiger partial charge < -0.3 is 16.0 Å². The van der Waals surface area contributed by atoms with Gasteiger partial charge in [-0.3, -0.25) is 9.79 Å². The number of benzene rings is 1. The van der Waals surface area contributed by atoms with Crippen LogP contribution in [0, 0.1) is 11.2 Å². The van der Waals surface area contributed by atoms with Crippen molar-refractivity contribution >= 4 is 23.5 Å². The van der Waals surface area contributed by atoms with E-state index in [1.54, 1.807) is 20.2 Å². The van der Waals surface area contributed by atoms with Crippen LogP contribution in [0.5, 0.6) is 0 Å². The highest BCUT2D eigenvalue weighted by molar-refractivity contribution is 6.31. The van der Waals surface area contributed by atoms with E-state index < -0.39 is 5.41 Å². The quantitative estimate of drug-likeness (QED) is 0.533. The number of hydrogen-bond acceptors (Lipinski definition) is 2. The summed E-state index contributed by atoms with van der Waals surface area (Å²) in [5.41, 5.74) is -0.0508. The highest BCUT2D eigenvalue weighted by Gasteiger charge is 2.27. The molecule has 0 spiro atoms. The van der Waals surface area contributed by atoms with Crippen LogP contribution in [0.25, 0.3) is 0 Å². The maximum absolute atomic E-state index is 13.2. The van der Waals surface area contributed by atoms with Gasteiger partial charge in [-0.15, -0.1) is 0 Å². The second kappa shape index (κ2) is 8.52. The average molecular weight is 371 g/mol. The van der Waals surface area contributed by atoms with Gasteiger partial charge in [0.1, 0.15) is 5.82 Å². The van der Waals surface area contributed by atoms with Crippen LogP contribution in [0.2, 0.25) is 5.02 Å². The second-order valence-electron chi connectivity index (χ2n) is 7.25. The number of carbonyl (C=O) groups is 1. The minimum atomic E-state index is -0.567. The van der Waals surface area contributed by atoms with Gasteiger partial charge in [-0.25, -0.2) is 4.39 Å². The van der Waals surface area contributed by atoms with Crippen molar-refractivity contribution in [2.75, 3.05) is 27.2 Å². The first-order valence-corrected chi connectivity index (χ1v) is 8.53. The van der Waals surface area contributed by atoms with E-state index in [-0.39, 0.29) is 17.1 Å². The topological polar surface area (TPSA) is 65.5 Å². The first-order chi connectivity index (χ1) is 11.5. The molecule has 25 heavy (non-hydrogen) atoms. The molecule has 1 aromatic rings. The van der Waals surface area contributed by atoms with Gasteiger partial charge in [0.2, 0.25) is 5.91 Å².